The van der Waals surface area contributed by atoms with Gasteiger partial charge in [-0.2, -0.15) is 0 Å². The number of hydrogen-bond donors (Lipinski definition) is 1. The summed E-state index contributed by atoms with van der Waals surface area (Å²) in [4.78, 5) is 25.4. The van der Waals surface area contributed by atoms with Gasteiger partial charge in [-0.1, -0.05) is 45.7 Å². The third-order valence-corrected chi connectivity index (χ3v) is 5.73. The number of amides is 1. The van der Waals surface area contributed by atoms with E-state index in [1.165, 1.54) is 6.42 Å². The van der Waals surface area contributed by atoms with Crippen LogP contribution in [0.2, 0.25) is 0 Å². The molecule has 25 heavy (non-hydrogen) atoms. The minimum Gasteiger partial charge on any atom is -0.352 e. The van der Waals surface area contributed by atoms with Crippen LogP contribution in [0.15, 0.2) is 29.1 Å². The van der Waals surface area contributed by atoms with E-state index in [0.29, 0.717) is 18.4 Å². The number of benzene rings is 1. The van der Waals surface area contributed by atoms with E-state index in [-0.39, 0.29) is 24.2 Å². The summed E-state index contributed by atoms with van der Waals surface area (Å²) < 4.78 is 3.38. The summed E-state index contributed by atoms with van der Waals surface area (Å²) in [6.45, 7) is 7.29. The van der Waals surface area contributed by atoms with Crippen molar-refractivity contribution in [1.29, 1.82) is 0 Å². The molecule has 5 heteroatoms. The summed E-state index contributed by atoms with van der Waals surface area (Å²) in [5.74, 6) is 1.05. The molecule has 0 spiro atoms. The summed E-state index contributed by atoms with van der Waals surface area (Å²) >= 11 is 0. The predicted octanol–water partition coefficient (Wildman–Crippen LogP) is 3.15. The van der Waals surface area contributed by atoms with Crippen LogP contribution >= 0.6 is 0 Å². The number of imidazole rings is 1. The van der Waals surface area contributed by atoms with Crippen molar-refractivity contribution in [3.8, 4) is 0 Å². The van der Waals surface area contributed by atoms with Crippen LogP contribution in [0.25, 0.3) is 11.0 Å². The van der Waals surface area contributed by atoms with E-state index in [9.17, 15) is 9.59 Å². The number of para-hydroxylation sites is 2. The maximum absolute atomic E-state index is 12.8. The zero-order valence-electron chi connectivity index (χ0n) is 15.5. The first-order valence-electron chi connectivity index (χ1n) is 9.50. The van der Waals surface area contributed by atoms with Gasteiger partial charge in [0.05, 0.1) is 11.0 Å². The Balaban J connectivity index is 1.82. The first kappa shape index (κ1) is 17.8. The number of aromatic nitrogens is 2. The van der Waals surface area contributed by atoms with Crippen molar-refractivity contribution < 1.29 is 4.79 Å². The lowest BCUT2D eigenvalue weighted by Crippen LogP contribution is -2.45. The number of carbonyl (C=O) groups is 1. The molecular formula is C20H29N3O2. The van der Waals surface area contributed by atoms with Crippen molar-refractivity contribution in [1.82, 2.24) is 14.5 Å². The zero-order valence-corrected chi connectivity index (χ0v) is 15.5. The van der Waals surface area contributed by atoms with Gasteiger partial charge in [-0.3, -0.25) is 13.9 Å². The van der Waals surface area contributed by atoms with Gasteiger partial charge >= 0.3 is 5.69 Å². The Hall–Kier alpha value is -2.04. The molecule has 3 atom stereocenters. The van der Waals surface area contributed by atoms with Crippen molar-refractivity contribution in [2.24, 2.45) is 11.8 Å². The molecule has 0 aliphatic heterocycles. The van der Waals surface area contributed by atoms with E-state index in [1.807, 2.05) is 24.3 Å². The molecule has 1 aromatic heterocycles. The van der Waals surface area contributed by atoms with Crippen molar-refractivity contribution in [2.45, 2.75) is 65.6 Å². The van der Waals surface area contributed by atoms with Gasteiger partial charge in [0.2, 0.25) is 5.91 Å². The monoisotopic (exact) mass is 343 g/mol. The molecular weight excluding hydrogens is 314 g/mol. The van der Waals surface area contributed by atoms with Crippen LogP contribution in [0.5, 0.6) is 0 Å². The second kappa shape index (κ2) is 7.46. The van der Waals surface area contributed by atoms with Gasteiger partial charge in [-0.05, 0) is 36.8 Å². The molecule has 1 N–H and O–H groups in total. The maximum Gasteiger partial charge on any atom is 0.329 e. The van der Waals surface area contributed by atoms with Gasteiger partial charge in [0.1, 0.15) is 6.54 Å². The third-order valence-electron chi connectivity index (χ3n) is 5.73. The fourth-order valence-corrected chi connectivity index (χ4v) is 4.05. The summed E-state index contributed by atoms with van der Waals surface area (Å²) in [5.41, 5.74) is 1.64. The molecule has 0 saturated heterocycles. The van der Waals surface area contributed by atoms with Crippen LogP contribution in [0.1, 0.15) is 46.5 Å². The van der Waals surface area contributed by atoms with Crippen LogP contribution in [-0.4, -0.2) is 21.1 Å². The summed E-state index contributed by atoms with van der Waals surface area (Å²) in [5, 5.41) is 3.17. The van der Waals surface area contributed by atoms with Crippen LogP contribution in [-0.2, 0) is 17.9 Å². The van der Waals surface area contributed by atoms with Crippen molar-refractivity contribution in [2.75, 3.05) is 0 Å². The second-order valence-electron chi connectivity index (χ2n) is 7.45. The van der Waals surface area contributed by atoms with Crippen LogP contribution in [0, 0.1) is 11.8 Å². The largest absolute Gasteiger partial charge is 0.352 e. The Bertz CT molecular complexity index is 805. The zero-order chi connectivity index (χ0) is 18.0. The van der Waals surface area contributed by atoms with E-state index in [0.717, 1.165) is 30.3 Å². The van der Waals surface area contributed by atoms with E-state index in [2.05, 4.69) is 26.1 Å². The minimum absolute atomic E-state index is 0.0625. The number of carbonyl (C=O) groups excluding carboxylic acids is 1. The van der Waals surface area contributed by atoms with Crippen LogP contribution < -0.4 is 11.0 Å². The predicted molar refractivity (Wildman–Crippen MR) is 101 cm³/mol. The molecule has 1 aliphatic carbocycles. The highest BCUT2D eigenvalue weighted by molar-refractivity contribution is 5.81. The lowest BCUT2D eigenvalue weighted by Gasteiger charge is -2.34. The number of nitrogens with zero attached hydrogens (tertiary/aromatic N) is 2. The molecule has 1 aliphatic rings. The SMILES string of the molecule is CCCn1c(=O)n(CC(=O)NC2CCCC(C)C2C)c2ccccc21. The Morgan fingerprint density at radius 2 is 1.84 bits per heavy atom. The topological polar surface area (TPSA) is 56.0 Å². The van der Waals surface area contributed by atoms with Crippen molar-refractivity contribution in [3.05, 3.63) is 34.7 Å². The first-order valence-corrected chi connectivity index (χ1v) is 9.50. The average molecular weight is 343 g/mol. The van der Waals surface area contributed by atoms with Gasteiger partial charge < -0.3 is 5.32 Å². The summed E-state index contributed by atoms with van der Waals surface area (Å²) in [6, 6.07) is 7.93. The molecule has 2 aromatic rings. The molecule has 136 valence electrons. The fraction of sp³-hybridized carbons (Fsp3) is 0.600. The lowest BCUT2D eigenvalue weighted by molar-refractivity contribution is -0.123. The van der Waals surface area contributed by atoms with Gasteiger partial charge in [0, 0.05) is 12.6 Å². The number of rotatable bonds is 5. The van der Waals surface area contributed by atoms with Gasteiger partial charge in [-0.25, -0.2) is 4.79 Å². The van der Waals surface area contributed by atoms with E-state index in [1.54, 1.807) is 9.13 Å². The highest BCUT2D eigenvalue weighted by Crippen LogP contribution is 2.29. The van der Waals surface area contributed by atoms with Crippen LogP contribution in [0.3, 0.4) is 0 Å². The average Bonchev–Trinajstić information content (AvgIpc) is 2.85. The molecule has 3 unspecified atom stereocenters. The van der Waals surface area contributed by atoms with Crippen LogP contribution in [0.4, 0.5) is 0 Å². The normalized spacial score (nSPS) is 23.7. The molecule has 5 nitrogen and oxygen atoms in total. The number of fused-ring (bicyclic) bond motifs is 1. The Kier molecular flexibility index (Phi) is 5.30. The van der Waals surface area contributed by atoms with Gasteiger partial charge in [0.25, 0.3) is 0 Å². The van der Waals surface area contributed by atoms with E-state index in [4.69, 9.17) is 0 Å². The lowest BCUT2D eigenvalue weighted by atomic mass is 9.78. The maximum atomic E-state index is 12.8. The highest BCUT2D eigenvalue weighted by Gasteiger charge is 2.28. The Labute approximate surface area is 149 Å². The molecule has 1 amide bonds. The molecule has 1 aromatic carbocycles. The van der Waals surface area contributed by atoms with E-state index >= 15 is 0 Å². The van der Waals surface area contributed by atoms with E-state index < -0.39 is 0 Å². The second-order valence-corrected chi connectivity index (χ2v) is 7.45. The quantitative estimate of drug-likeness (QED) is 0.907. The molecule has 1 saturated carbocycles. The number of nitrogens with one attached hydrogen (secondary N) is 1. The molecule has 1 heterocycles. The smallest absolute Gasteiger partial charge is 0.329 e. The summed E-state index contributed by atoms with van der Waals surface area (Å²) in [6.07, 6.45) is 4.31. The summed E-state index contributed by atoms with van der Waals surface area (Å²) in [7, 11) is 0. The Morgan fingerprint density at radius 3 is 2.52 bits per heavy atom. The van der Waals surface area contributed by atoms with Gasteiger partial charge in [-0.15, -0.1) is 0 Å². The Morgan fingerprint density at radius 1 is 1.16 bits per heavy atom. The number of aryl methyl sites for hydroxylation is 1. The van der Waals surface area contributed by atoms with Crippen molar-refractivity contribution >= 4 is 16.9 Å². The molecule has 0 radical (unpaired) electrons. The highest BCUT2D eigenvalue weighted by atomic mass is 16.2. The first-order chi connectivity index (χ1) is 12.0. The fourth-order valence-electron chi connectivity index (χ4n) is 4.05. The third kappa shape index (κ3) is 3.51. The molecule has 0 bridgehead atoms. The van der Waals surface area contributed by atoms with Gasteiger partial charge in [0.15, 0.2) is 0 Å². The standard InChI is InChI=1S/C20H29N3O2/c1-4-12-22-17-10-5-6-11-18(17)23(20(22)25)13-19(24)21-16-9-7-8-14(2)15(16)3/h5-6,10-11,14-16H,4,7-9,12-13H2,1-3H3,(H,21,24). The molecule has 1 fully saturated rings. The molecule has 3 rings (SSSR count). The van der Waals surface area contributed by atoms with Crippen molar-refractivity contribution in [3.63, 3.8) is 0 Å². The number of hydrogen-bond acceptors (Lipinski definition) is 2. The minimum atomic E-state index is -0.0942.